The number of hydrogen-bond donors (Lipinski definition) is 1. The lowest BCUT2D eigenvalue weighted by atomic mass is 9.97. The molecule has 182 valence electrons. The smallest absolute Gasteiger partial charge is 0.339 e. The summed E-state index contributed by atoms with van der Waals surface area (Å²) >= 11 is 1.25. The van der Waals surface area contributed by atoms with E-state index in [1.807, 2.05) is 0 Å². The maximum absolute atomic E-state index is 13.2. The second-order valence-corrected chi connectivity index (χ2v) is 11.1. The van der Waals surface area contributed by atoms with Gasteiger partial charge >= 0.3 is 6.18 Å². The van der Waals surface area contributed by atoms with Gasteiger partial charge in [-0.1, -0.05) is 11.2 Å². The minimum absolute atomic E-state index is 0.0491. The van der Waals surface area contributed by atoms with Crippen molar-refractivity contribution in [2.45, 2.75) is 37.8 Å². The lowest BCUT2D eigenvalue weighted by Crippen LogP contribution is -2.41. The highest BCUT2D eigenvalue weighted by Gasteiger charge is 2.35. The number of amides is 1. The summed E-state index contributed by atoms with van der Waals surface area (Å²) in [5, 5.41) is 6.34. The van der Waals surface area contributed by atoms with Gasteiger partial charge in [-0.25, -0.2) is 8.42 Å². The monoisotopic (exact) mass is 514 g/mol. The van der Waals surface area contributed by atoms with Crippen molar-refractivity contribution in [2.24, 2.45) is 5.92 Å². The molecule has 4 rings (SSSR count). The number of alkyl halides is 3. The fourth-order valence-corrected chi connectivity index (χ4v) is 6.70. The molecule has 34 heavy (non-hydrogen) atoms. The van der Waals surface area contributed by atoms with Gasteiger partial charge in [-0.3, -0.25) is 4.79 Å². The van der Waals surface area contributed by atoms with Gasteiger partial charge < -0.3 is 9.84 Å². The molecule has 1 N–H and O–H groups in total. The first-order valence-electron chi connectivity index (χ1n) is 10.3. The Hall–Kier alpha value is -2.77. The van der Waals surface area contributed by atoms with Crippen LogP contribution in [0.4, 0.5) is 18.9 Å². The molecule has 1 amide bonds. The lowest BCUT2D eigenvalue weighted by Gasteiger charge is -2.30. The van der Waals surface area contributed by atoms with Crippen LogP contribution in [0.1, 0.15) is 29.2 Å². The Bertz CT molecular complexity index is 1310. The highest BCUT2D eigenvalue weighted by atomic mass is 32.2. The molecule has 0 unspecified atom stereocenters. The number of hydrogen-bond acceptors (Lipinski definition) is 7. The first-order chi connectivity index (χ1) is 15.9. The molecular formula is C21H21F3N4O4S2. The Morgan fingerprint density at radius 1 is 1.21 bits per heavy atom. The fraction of sp³-hybridized carbons (Fsp3) is 0.381. The Labute approximate surface area is 197 Å². The number of nitrogens with one attached hydrogen (secondary N) is 1. The van der Waals surface area contributed by atoms with Gasteiger partial charge in [0.25, 0.3) is 0 Å². The molecule has 8 nitrogen and oxygen atoms in total. The predicted molar refractivity (Wildman–Crippen MR) is 119 cm³/mol. The van der Waals surface area contributed by atoms with Crippen LogP contribution < -0.4 is 5.32 Å². The molecule has 2 aromatic heterocycles. The Balaban J connectivity index is 1.41. The summed E-state index contributed by atoms with van der Waals surface area (Å²) in [5.41, 5.74) is -0.805. The van der Waals surface area contributed by atoms with Gasteiger partial charge in [-0.2, -0.15) is 22.5 Å². The molecule has 3 aromatic rings. The zero-order valence-corrected chi connectivity index (χ0v) is 19.9. The van der Waals surface area contributed by atoms with Crippen molar-refractivity contribution in [1.82, 2.24) is 14.4 Å². The number of thiophene rings is 1. The van der Waals surface area contributed by atoms with Gasteiger partial charge in [-0.15, -0.1) is 11.3 Å². The van der Waals surface area contributed by atoms with Gasteiger partial charge in [0.05, 0.1) is 15.3 Å². The molecule has 1 aromatic carbocycles. The molecule has 0 atom stereocenters. The van der Waals surface area contributed by atoms with Crippen molar-refractivity contribution in [3.8, 4) is 10.7 Å². The van der Waals surface area contributed by atoms with Crippen LogP contribution in [-0.2, 0) is 21.0 Å². The topological polar surface area (TPSA) is 105 Å². The summed E-state index contributed by atoms with van der Waals surface area (Å²) in [6.45, 7) is 3.58. The van der Waals surface area contributed by atoms with Crippen molar-refractivity contribution < 1.29 is 30.9 Å². The number of carbonyl (C=O) groups excluding carboxylic acids is 1. The number of rotatable bonds is 5. The van der Waals surface area contributed by atoms with E-state index < -0.39 is 33.6 Å². The number of aryl methyl sites for hydroxylation is 2. The van der Waals surface area contributed by atoms with Crippen molar-refractivity contribution >= 4 is 33.0 Å². The van der Waals surface area contributed by atoms with E-state index in [1.165, 1.54) is 33.8 Å². The van der Waals surface area contributed by atoms with E-state index in [4.69, 9.17) is 4.52 Å². The third kappa shape index (κ3) is 5.00. The molecule has 1 aliphatic rings. The number of halogens is 3. The zero-order chi connectivity index (χ0) is 24.7. The maximum Gasteiger partial charge on any atom is 0.416 e. The highest BCUT2D eigenvalue weighted by Crippen LogP contribution is 2.35. The summed E-state index contributed by atoms with van der Waals surface area (Å²) in [6, 6.07) is 5.93. The SMILES string of the molecule is Cc1nc(-c2cc(S(=O)(=O)N3CCC(C(=O)Nc4cccc(C(F)(F)F)c4)CC3)c(C)s2)no1. The van der Waals surface area contributed by atoms with Gasteiger partial charge in [-0.05, 0) is 44.0 Å². The third-order valence-electron chi connectivity index (χ3n) is 5.52. The molecule has 3 heterocycles. The van der Waals surface area contributed by atoms with Crippen LogP contribution in [0, 0.1) is 19.8 Å². The van der Waals surface area contributed by atoms with Crippen molar-refractivity contribution in [3.63, 3.8) is 0 Å². The second-order valence-electron chi connectivity index (χ2n) is 7.91. The van der Waals surface area contributed by atoms with E-state index in [9.17, 15) is 26.4 Å². The molecule has 13 heteroatoms. The average Bonchev–Trinajstić information content (AvgIpc) is 3.39. The number of benzene rings is 1. The van der Waals surface area contributed by atoms with E-state index >= 15 is 0 Å². The Morgan fingerprint density at radius 2 is 1.91 bits per heavy atom. The molecule has 0 bridgehead atoms. The van der Waals surface area contributed by atoms with E-state index in [-0.39, 0.29) is 36.5 Å². The zero-order valence-electron chi connectivity index (χ0n) is 18.2. The van der Waals surface area contributed by atoms with Crippen molar-refractivity contribution in [3.05, 3.63) is 46.7 Å². The molecule has 0 aliphatic carbocycles. The lowest BCUT2D eigenvalue weighted by molar-refractivity contribution is -0.137. The fourth-order valence-electron chi connectivity index (χ4n) is 3.75. The first kappa shape index (κ1) is 24.4. The average molecular weight is 515 g/mol. The number of sulfonamides is 1. The summed E-state index contributed by atoms with van der Waals surface area (Å²) in [6.07, 6.45) is -4.00. The van der Waals surface area contributed by atoms with Gasteiger partial charge in [0.1, 0.15) is 0 Å². The van der Waals surface area contributed by atoms with Crippen LogP contribution in [0.3, 0.4) is 0 Å². The molecule has 1 fully saturated rings. The van der Waals surface area contributed by atoms with Crippen molar-refractivity contribution in [2.75, 3.05) is 18.4 Å². The summed E-state index contributed by atoms with van der Waals surface area (Å²) < 4.78 is 71.4. The van der Waals surface area contributed by atoms with Gasteiger partial charge in [0.15, 0.2) is 0 Å². The number of piperidine rings is 1. The van der Waals surface area contributed by atoms with E-state index in [2.05, 4.69) is 15.5 Å². The Morgan fingerprint density at radius 3 is 2.53 bits per heavy atom. The molecule has 1 saturated heterocycles. The number of aromatic nitrogens is 2. The van der Waals surface area contributed by atoms with Crippen LogP contribution in [0.5, 0.6) is 0 Å². The highest BCUT2D eigenvalue weighted by molar-refractivity contribution is 7.89. The minimum Gasteiger partial charge on any atom is -0.339 e. The Kier molecular flexibility index (Phi) is 6.53. The number of anilines is 1. The van der Waals surface area contributed by atoms with E-state index in [0.29, 0.717) is 21.5 Å². The summed E-state index contributed by atoms with van der Waals surface area (Å²) in [4.78, 5) is 18.0. The minimum atomic E-state index is -4.51. The third-order valence-corrected chi connectivity index (χ3v) is 8.72. The van der Waals surface area contributed by atoms with E-state index in [1.54, 1.807) is 13.8 Å². The van der Waals surface area contributed by atoms with E-state index in [0.717, 1.165) is 12.1 Å². The largest absolute Gasteiger partial charge is 0.416 e. The molecule has 0 spiro atoms. The normalized spacial score (nSPS) is 16.0. The van der Waals surface area contributed by atoms with Crippen LogP contribution in [0.2, 0.25) is 0 Å². The number of carbonyl (C=O) groups is 1. The molecular weight excluding hydrogens is 493 g/mol. The van der Waals surface area contributed by atoms with Crippen molar-refractivity contribution in [1.29, 1.82) is 0 Å². The van der Waals surface area contributed by atoms with Crippen LogP contribution >= 0.6 is 11.3 Å². The molecule has 0 radical (unpaired) electrons. The van der Waals surface area contributed by atoms with Crippen LogP contribution in [-0.4, -0.2) is 41.9 Å². The summed E-state index contributed by atoms with van der Waals surface area (Å²) in [5.74, 6) is -0.256. The molecule has 1 aliphatic heterocycles. The first-order valence-corrected chi connectivity index (χ1v) is 12.6. The summed E-state index contributed by atoms with van der Waals surface area (Å²) in [7, 11) is -3.80. The second kappa shape index (κ2) is 9.12. The maximum atomic E-state index is 13.2. The van der Waals surface area contributed by atoms with Crippen LogP contribution in [0.15, 0.2) is 39.8 Å². The number of nitrogens with zero attached hydrogens (tertiary/aromatic N) is 3. The van der Waals surface area contributed by atoms with Gasteiger partial charge in [0.2, 0.25) is 27.6 Å². The van der Waals surface area contributed by atoms with Crippen LogP contribution in [0.25, 0.3) is 10.7 Å². The van der Waals surface area contributed by atoms with Gasteiger partial charge in [0, 0.05) is 36.5 Å². The molecule has 0 saturated carbocycles. The standard InChI is InChI=1S/C21H21F3N4O4S2/c1-12-18(11-17(33-12)19-25-13(2)32-27-19)34(30,31)28-8-6-14(7-9-28)20(29)26-16-5-3-4-15(10-16)21(22,23)24/h3-5,10-11,14H,6-9H2,1-2H3,(H,26,29). The quantitative estimate of drug-likeness (QED) is 0.539. The predicted octanol–water partition coefficient (Wildman–Crippen LogP) is 4.47.